The van der Waals surface area contributed by atoms with Gasteiger partial charge in [-0.05, 0) is 70.9 Å². The van der Waals surface area contributed by atoms with Crippen LogP contribution in [0.4, 0.5) is 4.39 Å². The van der Waals surface area contributed by atoms with Crippen molar-refractivity contribution in [2.45, 2.75) is 6.92 Å². The van der Waals surface area contributed by atoms with Crippen molar-refractivity contribution in [1.29, 1.82) is 0 Å². The summed E-state index contributed by atoms with van der Waals surface area (Å²) in [4.78, 5) is 25.1. The van der Waals surface area contributed by atoms with E-state index >= 15 is 0 Å². The smallest absolute Gasteiger partial charge is 0.344 e. The Labute approximate surface area is 163 Å². The van der Waals surface area contributed by atoms with E-state index in [9.17, 15) is 14.0 Å². The summed E-state index contributed by atoms with van der Waals surface area (Å²) < 4.78 is 24.1. The van der Waals surface area contributed by atoms with Gasteiger partial charge in [-0.2, -0.15) is 0 Å². The van der Waals surface area contributed by atoms with Crippen molar-refractivity contribution in [2.24, 2.45) is 0 Å². The Balaban J connectivity index is 1.84. The molecule has 0 radical (unpaired) electrons. The number of ether oxygens (including phenoxy) is 2. The van der Waals surface area contributed by atoms with E-state index in [0.717, 1.165) is 5.56 Å². The van der Waals surface area contributed by atoms with Gasteiger partial charge in [0.05, 0.1) is 15.6 Å². The van der Waals surface area contributed by atoms with E-state index in [-0.39, 0.29) is 21.3 Å². The normalized spacial score (nSPS) is 10.3. The molecule has 3 aromatic rings. The lowest BCUT2D eigenvalue weighted by atomic mass is 10.1. The van der Waals surface area contributed by atoms with Gasteiger partial charge in [0.25, 0.3) is 0 Å². The first-order valence-corrected chi connectivity index (χ1v) is 8.78. The molecule has 0 aliphatic rings. The van der Waals surface area contributed by atoms with Crippen molar-refractivity contribution in [2.75, 3.05) is 0 Å². The van der Waals surface area contributed by atoms with Crippen LogP contribution >= 0.6 is 15.9 Å². The molecule has 0 atom stereocenters. The van der Waals surface area contributed by atoms with Gasteiger partial charge in [0.2, 0.25) is 0 Å². The van der Waals surface area contributed by atoms with Crippen LogP contribution in [0.25, 0.3) is 0 Å². The summed E-state index contributed by atoms with van der Waals surface area (Å²) in [6.45, 7) is 1.88. The summed E-state index contributed by atoms with van der Waals surface area (Å²) in [5.41, 5.74) is 1.06. The lowest BCUT2D eigenvalue weighted by Crippen LogP contribution is -2.17. The molecule has 0 saturated heterocycles. The molecule has 136 valence electrons. The monoisotopic (exact) mass is 428 g/mol. The summed E-state index contributed by atoms with van der Waals surface area (Å²) in [6, 6.07) is 16.9. The van der Waals surface area contributed by atoms with Crippen LogP contribution in [0.5, 0.6) is 11.5 Å². The highest BCUT2D eigenvalue weighted by molar-refractivity contribution is 9.10. The van der Waals surface area contributed by atoms with Gasteiger partial charge in [0.15, 0.2) is 0 Å². The van der Waals surface area contributed by atoms with Crippen LogP contribution in [-0.2, 0) is 0 Å². The van der Waals surface area contributed by atoms with Crippen molar-refractivity contribution in [3.8, 4) is 11.5 Å². The number of rotatable bonds is 4. The van der Waals surface area contributed by atoms with Crippen LogP contribution in [0.3, 0.4) is 0 Å². The maximum atomic E-state index is 13.2. The minimum Gasteiger partial charge on any atom is -0.423 e. The van der Waals surface area contributed by atoms with Gasteiger partial charge < -0.3 is 9.47 Å². The molecule has 0 fully saturated rings. The number of carbonyl (C=O) groups excluding carboxylic acids is 2. The molecule has 0 aromatic heterocycles. The molecular formula is C21H14BrFO4. The second kappa shape index (κ2) is 8.14. The van der Waals surface area contributed by atoms with Crippen LogP contribution in [-0.4, -0.2) is 11.9 Å². The van der Waals surface area contributed by atoms with Crippen LogP contribution < -0.4 is 9.47 Å². The number of esters is 2. The SMILES string of the molecule is Cc1cccc(OC(=O)c2ccccc2C(=O)Oc2ccc(F)cc2Br)c1. The molecule has 6 heteroatoms. The molecule has 0 saturated carbocycles. The highest BCUT2D eigenvalue weighted by Crippen LogP contribution is 2.27. The van der Waals surface area contributed by atoms with Crippen molar-refractivity contribution in [1.82, 2.24) is 0 Å². The van der Waals surface area contributed by atoms with Gasteiger partial charge in [-0.3, -0.25) is 0 Å². The van der Waals surface area contributed by atoms with E-state index in [2.05, 4.69) is 15.9 Å². The van der Waals surface area contributed by atoms with E-state index in [0.29, 0.717) is 5.75 Å². The van der Waals surface area contributed by atoms with Gasteiger partial charge in [-0.15, -0.1) is 0 Å². The largest absolute Gasteiger partial charge is 0.423 e. The number of benzene rings is 3. The topological polar surface area (TPSA) is 52.6 Å². The predicted molar refractivity (Wildman–Crippen MR) is 102 cm³/mol. The zero-order chi connectivity index (χ0) is 19.4. The zero-order valence-corrected chi connectivity index (χ0v) is 15.8. The molecule has 3 rings (SSSR count). The molecule has 0 bridgehead atoms. The Morgan fingerprint density at radius 2 is 1.52 bits per heavy atom. The number of hydrogen-bond acceptors (Lipinski definition) is 4. The Morgan fingerprint density at radius 3 is 2.15 bits per heavy atom. The fourth-order valence-corrected chi connectivity index (χ4v) is 2.82. The Bertz CT molecular complexity index is 1020. The van der Waals surface area contributed by atoms with E-state index in [4.69, 9.17) is 9.47 Å². The van der Waals surface area contributed by atoms with Crippen LogP contribution in [0.1, 0.15) is 26.3 Å². The first-order chi connectivity index (χ1) is 12.9. The van der Waals surface area contributed by atoms with E-state index in [1.165, 1.54) is 30.3 Å². The van der Waals surface area contributed by atoms with E-state index in [1.54, 1.807) is 30.3 Å². The van der Waals surface area contributed by atoms with Gasteiger partial charge in [-0.1, -0.05) is 24.3 Å². The summed E-state index contributed by atoms with van der Waals surface area (Å²) in [5, 5.41) is 0. The van der Waals surface area contributed by atoms with Crippen LogP contribution in [0.2, 0.25) is 0 Å². The minimum absolute atomic E-state index is 0.0476. The first-order valence-electron chi connectivity index (χ1n) is 7.99. The van der Waals surface area contributed by atoms with Crippen molar-refractivity contribution >= 4 is 27.9 Å². The molecule has 4 nitrogen and oxygen atoms in total. The highest BCUT2D eigenvalue weighted by atomic mass is 79.9. The quantitative estimate of drug-likeness (QED) is 0.415. The fourth-order valence-electron chi connectivity index (χ4n) is 2.39. The average Bonchev–Trinajstić information content (AvgIpc) is 2.64. The molecule has 0 N–H and O–H groups in total. The van der Waals surface area contributed by atoms with Gasteiger partial charge in [0.1, 0.15) is 17.3 Å². The summed E-state index contributed by atoms with van der Waals surface area (Å²) >= 11 is 3.14. The molecule has 3 aromatic carbocycles. The molecular weight excluding hydrogens is 415 g/mol. The molecule has 27 heavy (non-hydrogen) atoms. The standard InChI is InChI=1S/C21H14BrFO4/c1-13-5-4-6-15(11-13)26-20(24)16-7-2-3-8-17(16)21(25)27-19-10-9-14(23)12-18(19)22/h2-12H,1H3. The third kappa shape index (κ3) is 4.60. The molecule has 0 unspecified atom stereocenters. The predicted octanol–water partition coefficient (Wildman–Crippen LogP) is 5.34. The zero-order valence-electron chi connectivity index (χ0n) is 14.2. The van der Waals surface area contributed by atoms with Crippen LogP contribution in [0.15, 0.2) is 71.2 Å². The maximum absolute atomic E-state index is 13.2. The molecule has 0 aliphatic heterocycles. The summed E-state index contributed by atoms with van der Waals surface area (Å²) in [7, 11) is 0. The average molecular weight is 429 g/mol. The second-order valence-electron chi connectivity index (χ2n) is 5.72. The lowest BCUT2D eigenvalue weighted by molar-refractivity contribution is 0.0691. The van der Waals surface area contributed by atoms with Crippen molar-refractivity contribution < 1.29 is 23.5 Å². The number of hydrogen-bond donors (Lipinski definition) is 0. The van der Waals surface area contributed by atoms with E-state index in [1.807, 2.05) is 13.0 Å². The summed E-state index contributed by atoms with van der Waals surface area (Å²) in [6.07, 6.45) is 0. The third-order valence-electron chi connectivity index (χ3n) is 3.66. The molecule has 0 heterocycles. The minimum atomic E-state index is -0.751. The van der Waals surface area contributed by atoms with Crippen molar-refractivity contribution in [3.63, 3.8) is 0 Å². The molecule has 0 aliphatic carbocycles. The third-order valence-corrected chi connectivity index (χ3v) is 4.28. The van der Waals surface area contributed by atoms with Gasteiger partial charge >= 0.3 is 11.9 Å². The van der Waals surface area contributed by atoms with Crippen molar-refractivity contribution in [3.05, 3.63) is 93.7 Å². The lowest BCUT2D eigenvalue weighted by Gasteiger charge is -2.10. The fraction of sp³-hybridized carbons (Fsp3) is 0.0476. The molecule has 0 spiro atoms. The first kappa shape index (κ1) is 18.8. The Hall–Kier alpha value is -2.99. The van der Waals surface area contributed by atoms with Gasteiger partial charge in [-0.25, -0.2) is 14.0 Å². The Morgan fingerprint density at radius 1 is 0.852 bits per heavy atom. The van der Waals surface area contributed by atoms with Crippen LogP contribution in [0, 0.1) is 12.7 Å². The number of carbonyl (C=O) groups is 2. The highest BCUT2D eigenvalue weighted by Gasteiger charge is 2.21. The number of halogens is 2. The summed E-state index contributed by atoms with van der Waals surface area (Å²) in [5.74, 6) is -1.37. The maximum Gasteiger partial charge on any atom is 0.344 e. The Kier molecular flexibility index (Phi) is 5.66. The second-order valence-corrected chi connectivity index (χ2v) is 6.57. The molecule has 0 amide bonds. The number of aryl methyl sites for hydroxylation is 1. The van der Waals surface area contributed by atoms with Gasteiger partial charge in [0, 0.05) is 0 Å². The van der Waals surface area contributed by atoms with E-state index < -0.39 is 17.8 Å².